The van der Waals surface area contributed by atoms with Gasteiger partial charge < -0.3 is 19.8 Å². The van der Waals surface area contributed by atoms with Crippen molar-refractivity contribution >= 4 is 51.2 Å². The average molecular weight is 538 g/mol. The van der Waals surface area contributed by atoms with E-state index >= 15 is 0 Å². The molecule has 0 rings (SSSR count). The van der Waals surface area contributed by atoms with Crippen LogP contribution >= 0.6 is 24.8 Å². The second-order valence-electron chi connectivity index (χ2n) is 7.67. The molecule has 3 atom stereocenters. The first-order valence-corrected chi connectivity index (χ1v) is 13.5. The fourth-order valence-electron chi connectivity index (χ4n) is 2.81. The van der Waals surface area contributed by atoms with Gasteiger partial charge in [0.15, 0.2) is 5.25 Å². The van der Waals surface area contributed by atoms with Gasteiger partial charge in [0.2, 0.25) is 0 Å². The Labute approximate surface area is 232 Å². The Kier molecular flexibility index (Phi) is 25.7. The zero-order valence-electron chi connectivity index (χ0n) is 20.7. The molecule has 33 heavy (non-hydrogen) atoms. The molecule has 0 aliphatic heterocycles. The number of ether oxygens (including phenoxy) is 2. The molecule has 0 spiro atoms. The Morgan fingerprint density at radius 1 is 0.970 bits per heavy atom. The van der Waals surface area contributed by atoms with E-state index in [1.54, 1.807) is 0 Å². The summed E-state index contributed by atoms with van der Waals surface area (Å²) in [6.45, 7) is 8.26. The van der Waals surface area contributed by atoms with Crippen molar-refractivity contribution < 1.29 is 61.6 Å². The van der Waals surface area contributed by atoms with E-state index in [2.05, 4.69) is 38.7 Å². The van der Waals surface area contributed by atoms with Crippen molar-refractivity contribution in [2.24, 2.45) is 17.6 Å². The van der Waals surface area contributed by atoms with Gasteiger partial charge in [-0.25, -0.2) is 8.42 Å². The number of hydrogen-bond donors (Lipinski definition) is 2. The van der Waals surface area contributed by atoms with Gasteiger partial charge in [-0.1, -0.05) is 78.4 Å². The predicted octanol–water partition coefficient (Wildman–Crippen LogP) is 0.973. The molecule has 0 amide bonds. The monoisotopic (exact) mass is 537 g/mol. The fraction of sp³-hybridized carbons (Fsp3) is 0.857. The van der Waals surface area contributed by atoms with Gasteiger partial charge in [-0.15, -0.1) is 12.6 Å². The summed E-state index contributed by atoms with van der Waals surface area (Å²) in [4.78, 5) is 24.1. The summed E-state index contributed by atoms with van der Waals surface area (Å²) in [7, 11) is -5.01. The molecule has 190 valence electrons. The molecule has 8 nitrogen and oxygen atoms in total. The van der Waals surface area contributed by atoms with Crippen molar-refractivity contribution in [3.8, 4) is 0 Å². The van der Waals surface area contributed by atoms with Crippen LogP contribution in [-0.2, 0) is 29.2 Å². The zero-order valence-corrected chi connectivity index (χ0v) is 25.2. The van der Waals surface area contributed by atoms with Crippen molar-refractivity contribution in [2.75, 3.05) is 13.2 Å². The topological polar surface area (TPSA) is 136 Å². The number of thiol groups is 1. The third-order valence-electron chi connectivity index (χ3n) is 4.99. The van der Waals surface area contributed by atoms with Crippen LogP contribution in [0.4, 0.5) is 0 Å². The minimum Gasteiger partial charge on any atom is -0.747 e. The third-order valence-corrected chi connectivity index (χ3v) is 6.05. The minimum absolute atomic E-state index is 0. The molecule has 0 aromatic carbocycles. The molecule has 3 unspecified atom stereocenters. The van der Waals surface area contributed by atoms with Crippen LogP contribution in [0.1, 0.15) is 85.5 Å². The Hall–Kier alpha value is 0.0900. The summed E-state index contributed by atoms with van der Waals surface area (Å²) in [5, 5.41) is -2.06. The van der Waals surface area contributed by atoms with Crippen molar-refractivity contribution in [2.45, 2.75) is 90.7 Å². The molecule has 0 saturated carbocycles. The van der Waals surface area contributed by atoms with Gasteiger partial charge in [0.1, 0.15) is 14.4 Å². The first-order valence-electron chi connectivity index (χ1n) is 11.2. The number of carbonyl (C=O) groups excluding carboxylic acids is 2. The molecular weight excluding hydrogens is 497 g/mol. The number of carbonyl (C=O) groups is 2. The molecule has 0 radical (unpaired) electrons. The van der Waals surface area contributed by atoms with Gasteiger partial charge in [-0.2, -0.15) is 0 Å². The Morgan fingerprint density at radius 3 is 1.70 bits per heavy atom. The summed E-state index contributed by atoms with van der Waals surface area (Å²) in [5.74, 6) is -1.74. The summed E-state index contributed by atoms with van der Waals surface area (Å²) in [6, 6.07) is 0. The van der Waals surface area contributed by atoms with Crippen LogP contribution in [0.3, 0.4) is 0 Å². The third kappa shape index (κ3) is 22.3. The number of unbranched alkanes of at least 4 members (excludes halogenated alkanes) is 2. The quantitative estimate of drug-likeness (QED) is 0.0970. The van der Waals surface area contributed by atoms with Crippen LogP contribution in [-0.4, -0.2) is 47.7 Å². The number of nitrogens with two attached hydrogens (primary N) is 1. The maximum atomic E-state index is 12.1. The maximum Gasteiger partial charge on any atom is 1.00 e. The van der Waals surface area contributed by atoms with Crippen molar-refractivity contribution in [3.05, 3.63) is 0 Å². The number of thiocarbonyl (C=S) groups is 1. The van der Waals surface area contributed by atoms with Gasteiger partial charge in [-0.05, 0) is 24.7 Å². The van der Waals surface area contributed by atoms with Crippen LogP contribution in [0.15, 0.2) is 0 Å². The van der Waals surface area contributed by atoms with E-state index in [4.69, 9.17) is 15.2 Å². The molecule has 0 aromatic rings. The summed E-state index contributed by atoms with van der Waals surface area (Å²) in [6.07, 6.45) is 6.58. The number of hydrogen-bond acceptors (Lipinski definition) is 8. The van der Waals surface area contributed by atoms with E-state index in [0.29, 0.717) is 0 Å². The smallest absolute Gasteiger partial charge is 0.747 e. The largest absolute Gasteiger partial charge is 1.00 e. The van der Waals surface area contributed by atoms with Crippen molar-refractivity contribution in [1.29, 1.82) is 0 Å². The standard InChI is InChI=1S/C20H38O7S.CH3NS2.Na/c1-5-9-11-16(7-3)14-26-19(21)13-18(28(23,24)25)20(22)27-15-17(8-4)12-10-6-2;2-1(3)4;/h16-18H,5-15H2,1-4H3,(H,23,24,25);(H3,2,3,4);/q;;+1/p-1. The molecular formula is C21H40NNaO7S3. The van der Waals surface area contributed by atoms with E-state index in [-0.39, 0.29) is 58.9 Å². The van der Waals surface area contributed by atoms with E-state index in [9.17, 15) is 22.6 Å². The Bertz CT molecular complexity index is 644. The predicted molar refractivity (Wildman–Crippen MR) is 132 cm³/mol. The van der Waals surface area contributed by atoms with Crippen LogP contribution < -0.4 is 35.3 Å². The first-order chi connectivity index (χ1) is 14.9. The van der Waals surface area contributed by atoms with E-state index in [0.717, 1.165) is 51.4 Å². The number of rotatable bonds is 16. The average Bonchev–Trinajstić information content (AvgIpc) is 2.70. The molecule has 0 saturated heterocycles. The number of esters is 2. The second-order valence-corrected chi connectivity index (χ2v) is 10.4. The molecule has 0 heterocycles. The van der Waals surface area contributed by atoms with Gasteiger partial charge in [0.25, 0.3) is 0 Å². The Balaban J connectivity index is -0.00000165. The minimum atomic E-state index is -5.01. The van der Waals surface area contributed by atoms with Gasteiger partial charge >= 0.3 is 41.5 Å². The summed E-state index contributed by atoms with van der Waals surface area (Å²) in [5.41, 5.74) is 4.71. The molecule has 12 heteroatoms. The van der Waals surface area contributed by atoms with Gasteiger partial charge in [-0.3, -0.25) is 9.59 Å². The van der Waals surface area contributed by atoms with E-state index in [1.807, 2.05) is 13.8 Å². The first kappa shape index (κ1) is 37.6. The SMILES string of the molecule is CCCCC(CC)COC(=O)CC(C(=O)OCC(CC)CCCC)S(=O)(=O)[O-].NC(=S)S.[Na+]. The maximum absolute atomic E-state index is 12.1. The summed E-state index contributed by atoms with van der Waals surface area (Å²) < 4.78 is 44.8. The molecule has 0 aromatic heterocycles. The van der Waals surface area contributed by atoms with Crippen LogP contribution in [0.2, 0.25) is 0 Å². The van der Waals surface area contributed by atoms with Crippen molar-refractivity contribution in [1.82, 2.24) is 0 Å². The van der Waals surface area contributed by atoms with Crippen molar-refractivity contribution in [3.63, 3.8) is 0 Å². The zero-order chi connectivity index (χ0) is 25.2. The van der Waals surface area contributed by atoms with E-state index in [1.165, 1.54) is 0 Å². The fourth-order valence-corrected chi connectivity index (χ4v) is 3.46. The second kappa shape index (κ2) is 22.5. The molecule has 2 N–H and O–H groups in total. The van der Waals surface area contributed by atoms with Crippen LogP contribution in [0.5, 0.6) is 0 Å². The molecule has 0 bridgehead atoms. The summed E-state index contributed by atoms with van der Waals surface area (Å²) >= 11 is 7.65. The normalized spacial score (nSPS) is 13.4. The van der Waals surface area contributed by atoms with Crippen LogP contribution in [0.25, 0.3) is 0 Å². The molecule has 0 aliphatic carbocycles. The van der Waals surface area contributed by atoms with Gasteiger partial charge in [0, 0.05) is 0 Å². The van der Waals surface area contributed by atoms with E-state index < -0.39 is 33.7 Å². The molecule has 0 fully saturated rings. The molecule has 0 aliphatic rings. The van der Waals surface area contributed by atoms with Crippen LogP contribution in [0, 0.1) is 11.8 Å². The van der Waals surface area contributed by atoms with Gasteiger partial charge in [0.05, 0.1) is 19.6 Å². The Morgan fingerprint density at radius 2 is 1.36 bits per heavy atom.